The van der Waals surface area contributed by atoms with Crippen molar-refractivity contribution in [1.29, 1.82) is 0 Å². The van der Waals surface area contributed by atoms with E-state index in [1.807, 2.05) is 0 Å². The number of aliphatic hydroxyl groups is 1. The van der Waals surface area contributed by atoms with Crippen LogP contribution in [-0.4, -0.2) is 96.7 Å². The van der Waals surface area contributed by atoms with Gasteiger partial charge in [0.2, 0.25) is 0 Å². The Morgan fingerprint density at radius 1 is 0.296 bits per heavy atom. The lowest BCUT2D eigenvalue weighted by Gasteiger charge is -2.21. The van der Waals surface area contributed by atoms with E-state index in [0.717, 1.165) is 120 Å². The van der Waals surface area contributed by atoms with Gasteiger partial charge in [-0.25, -0.2) is 9.13 Å². The molecule has 0 aliphatic carbocycles. The Morgan fingerprint density at radius 3 is 0.776 bits per heavy atom. The van der Waals surface area contributed by atoms with E-state index in [-0.39, 0.29) is 25.7 Å². The minimum Gasteiger partial charge on any atom is -0.462 e. The summed E-state index contributed by atoms with van der Waals surface area (Å²) in [6, 6.07) is 0. The number of unbranched alkanes of at least 4 members (excludes halogenated alkanes) is 44. The number of esters is 4. The van der Waals surface area contributed by atoms with Gasteiger partial charge in [0.25, 0.3) is 0 Å². The topological polar surface area (TPSA) is 237 Å². The lowest BCUT2D eigenvalue weighted by molar-refractivity contribution is -0.161. The van der Waals surface area contributed by atoms with Crippen LogP contribution in [0.5, 0.6) is 0 Å². The van der Waals surface area contributed by atoms with Crippen molar-refractivity contribution in [3.63, 3.8) is 0 Å². The Hall–Kier alpha value is -1.94. The lowest BCUT2D eigenvalue weighted by Crippen LogP contribution is -2.30. The summed E-state index contributed by atoms with van der Waals surface area (Å²) in [4.78, 5) is 72.8. The van der Waals surface area contributed by atoms with Crippen LogP contribution in [0.2, 0.25) is 0 Å². The van der Waals surface area contributed by atoms with Crippen LogP contribution in [0.25, 0.3) is 0 Å². The van der Waals surface area contributed by atoms with Gasteiger partial charge in [-0.1, -0.05) is 357 Å². The van der Waals surface area contributed by atoms with E-state index in [2.05, 4.69) is 48.5 Å². The predicted molar refractivity (Wildman–Crippen MR) is 400 cm³/mol. The van der Waals surface area contributed by atoms with Crippen LogP contribution in [0.3, 0.4) is 0 Å². The van der Waals surface area contributed by atoms with E-state index in [9.17, 15) is 43.2 Å². The Balaban J connectivity index is 5.17. The van der Waals surface area contributed by atoms with Crippen molar-refractivity contribution >= 4 is 39.5 Å². The Kier molecular flexibility index (Phi) is 68.1. The van der Waals surface area contributed by atoms with Gasteiger partial charge in [0.05, 0.1) is 26.4 Å². The van der Waals surface area contributed by atoms with Crippen LogP contribution in [0.4, 0.5) is 0 Å². The van der Waals surface area contributed by atoms with Gasteiger partial charge in [-0.2, -0.15) is 0 Å². The highest BCUT2D eigenvalue weighted by molar-refractivity contribution is 7.47. The average molecular weight is 1440 g/mol. The van der Waals surface area contributed by atoms with Crippen molar-refractivity contribution in [3.8, 4) is 0 Å². The molecule has 0 spiro atoms. The van der Waals surface area contributed by atoms with Crippen LogP contribution in [-0.2, 0) is 65.4 Å². The maximum Gasteiger partial charge on any atom is 0.472 e. The number of carbonyl (C=O) groups excluding carboxylic acids is 4. The molecule has 0 bridgehead atoms. The third-order valence-electron chi connectivity index (χ3n) is 18.7. The van der Waals surface area contributed by atoms with E-state index in [1.54, 1.807) is 0 Å². The fraction of sp³-hybridized carbons (Fsp3) is 0.949. The number of phosphoric ester groups is 2. The summed E-state index contributed by atoms with van der Waals surface area (Å²) in [5.74, 6) is 0.288. The number of hydrogen-bond acceptors (Lipinski definition) is 15. The number of ether oxygens (including phenoxy) is 4. The van der Waals surface area contributed by atoms with Gasteiger partial charge in [-0.3, -0.25) is 37.3 Å². The molecule has 0 fully saturated rings. The van der Waals surface area contributed by atoms with Gasteiger partial charge >= 0.3 is 39.5 Å². The smallest absolute Gasteiger partial charge is 0.462 e. The number of rotatable bonds is 77. The van der Waals surface area contributed by atoms with E-state index >= 15 is 0 Å². The summed E-state index contributed by atoms with van der Waals surface area (Å²) in [7, 11) is -9.91. The first-order chi connectivity index (χ1) is 47.3. The SMILES string of the molecule is CCCCCCCCCC(=O)OC[C@H](COP(=O)(O)OC[C@H](O)COP(=O)(O)OC[C@@H](COC(=O)CCCCCCCCCCCCCCCCC(C)CC)OC(=O)CCCCCCCCCCCCCCCCCCCCC(C)C)OC(=O)CCCCCCCCCCCC(C)C. The molecule has 0 rings (SSSR count). The predicted octanol–water partition coefficient (Wildman–Crippen LogP) is 23.4. The van der Waals surface area contributed by atoms with Gasteiger partial charge in [-0.15, -0.1) is 0 Å². The summed E-state index contributed by atoms with van der Waals surface area (Å²) in [5.41, 5.74) is 0. The maximum atomic E-state index is 13.1. The van der Waals surface area contributed by atoms with Gasteiger partial charge in [0.15, 0.2) is 12.2 Å². The van der Waals surface area contributed by atoms with Crippen LogP contribution in [0, 0.1) is 17.8 Å². The van der Waals surface area contributed by atoms with Gasteiger partial charge in [0.1, 0.15) is 19.3 Å². The highest BCUT2D eigenvalue weighted by atomic mass is 31.2. The third-order valence-corrected chi connectivity index (χ3v) is 20.6. The van der Waals surface area contributed by atoms with Crippen molar-refractivity contribution in [2.24, 2.45) is 17.8 Å². The maximum absolute atomic E-state index is 13.1. The van der Waals surface area contributed by atoms with Crippen molar-refractivity contribution in [2.45, 2.75) is 426 Å². The average Bonchev–Trinajstić information content (AvgIpc) is 0.933. The molecule has 6 atom stereocenters. The molecule has 0 aliphatic rings. The first-order valence-electron chi connectivity index (χ1n) is 40.9. The molecular weight excluding hydrogens is 1280 g/mol. The molecule has 0 heterocycles. The van der Waals surface area contributed by atoms with Crippen LogP contribution in [0.15, 0.2) is 0 Å². The van der Waals surface area contributed by atoms with Crippen LogP contribution in [0.1, 0.15) is 408 Å². The van der Waals surface area contributed by atoms with Gasteiger partial charge in [0, 0.05) is 25.7 Å². The fourth-order valence-electron chi connectivity index (χ4n) is 12.1. The fourth-order valence-corrected chi connectivity index (χ4v) is 13.7. The van der Waals surface area contributed by atoms with Gasteiger partial charge in [-0.05, 0) is 43.4 Å². The zero-order chi connectivity index (χ0) is 72.3. The molecule has 582 valence electrons. The van der Waals surface area contributed by atoms with Crippen LogP contribution < -0.4 is 0 Å². The largest absolute Gasteiger partial charge is 0.472 e. The van der Waals surface area contributed by atoms with E-state index in [0.29, 0.717) is 25.7 Å². The highest BCUT2D eigenvalue weighted by Gasteiger charge is 2.30. The summed E-state index contributed by atoms with van der Waals surface area (Å²) in [6.45, 7) is 11.9. The quantitative estimate of drug-likeness (QED) is 0.0222. The zero-order valence-electron chi connectivity index (χ0n) is 64.3. The van der Waals surface area contributed by atoms with Crippen LogP contribution >= 0.6 is 15.6 Å². The number of aliphatic hydroxyl groups excluding tert-OH is 1. The standard InChI is InChI=1S/C79H154O17P2/c1-8-10-11-12-36-46-53-60-76(81)89-66-74(95-79(84)63-56-49-42-35-29-31-38-44-51-58-71(5)6)68-93-97(85,86)91-64-73(80)65-92-98(87,88)94-69-75(67-90-77(82)61-54-47-40-33-27-23-20-19-22-26-32-39-45-52-59-72(7)9-2)96-78(83)62-55-48-41-34-28-24-18-16-14-13-15-17-21-25-30-37-43-50-57-70(3)4/h70-75,80H,8-69H2,1-7H3,(H,85,86)(H,87,88)/t72?,73-,74+,75+/m0/s1. The molecule has 0 aromatic carbocycles. The second-order valence-electron chi connectivity index (χ2n) is 29.6. The van der Waals surface area contributed by atoms with Crippen molar-refractivity contribution in [2.75, 3.05) is 39.6 Å². The summed E-state index contributed by atoms with van der Waals surface area (Å²) in [5, 5.41) is 10.6. The molecule has 0 saturated heterocycles. The van der Waals surface area contributed by atoms with E-state index in [1.165, 1.54) is 205 Å². The first-order valence-corrected chi connectivity index (χ1v) is 43.9. The lowest BCUT2D eigenvalue weighted by atomic mass is 9.99. The first kappa shape index (κ1) is 96.1. The molecule has 0 radical (unpaired) electrons. The molecule has 3 unspecified atom stereocenters. The Labute approximate surface area is 600 Å². The molecule has 19 heteroatoms. The Bertz CT molecular complexity index is 1910. The number of phosphoric acid groups is 2. The van der Waals surface area contributed by atoms with Crippen molar-refractivity contribution < 1.29 is 80.2 Å². The summed E-state index contributed by atoms with van der Waals surface area (Å²) in [6.07, 6.45) is 57.1. The minimum absolute atomic E-state index is 0.105. The highest BCUT2D eigenvalue weighted by Crippen LogP contribution is 2.45. The molecular formula is C79H154O17P2. The monoisotopic (exact) mass is 1440 g/mol. The second-order valence-corrected chi connectivity index (χ2v) is 32.6. The third kappa shape index (κ3) is 71.1. The van der Waals surface area contributed by atoms with Crippen molar-refractivity contribution in [3.05, 3.63) is 0 Å². The molecule has 0 saturated carbocycles. The minimum atomic E-state index is -4.96. The summed E-state index contributed by atoms with van der Waals surface area (Å²) < 4.78 is 68.5. The second kappa shape index (κ2) is 69.4. The van der Waals surface area contributed by atoms with Gasteiger partial charge < -0.3 is 33.8 Å². The Morgan fingerprint density at radius 2 is 0.520 bits per heavy atom. The molecule has 3 N–H and O–H groups in total. The van der Waals surface area contributed by atoms with Crippen molar-refractivity contribution in [1.82, 2.24) is 0 Å². The van der Waals surface area contributed by atoms with E-state index in [4.69, 9.17) is 37.0 Å². The molecule has 0 amide bonds. The molecule has 17 nitrogen and oxygen atoms in total. The summed E-state index contributed by atoms with van der Waals surface area (Å²) >= 11 is 0. The number of hydrogen-bond donors (Lipinski definition) is 3. The normalized spacial score (nSPS) is 14.3. The van der Waals surface area contributed by atoms with E-state index < -0.39 is 97.5 Å². The molecule has 0 aromatic heterocycles. The molecule has 98 heavy (non-hydrogen) atoms. The molecule has 0 aromatic rings. The zero-order valence-corrected chi connectivity index (χ0v) is 66.0. The molecule has 0 aliphatic heterocycles. The number of carbonyl (C=O) groups is 4.